The maximum Gasteiger partial charge on any atom is 0.310 e. The molecule has 0 aromatic rings. The summed E-state index contributed by atoms with van der Waals surface area (Å²) in [5.74, 6) is -0.317. The summed E-state index contributed by atoms with van der Waals surface area (Å²) in [7, 11) is 0. The first-order valence-corrected chi connectivity index (χ1v) is 6.40. The molecular formula is C12H22N2O4. The molecule has 0 amide bonds. The normalized spacial score (nSPS) is 21.6. The summed E-state index contributed by atoms with van der Waals surface area (Å²) >= 11 is 0. The minimum atomic E-state index is -0.976. The quantitative estimate of drug-likeness (QED) is 0.422. The molecule has 0 spiro atoms. The Morgan fingerprint density at radius 3 is 2.78 bits per heavy atom. The van der Waals surface area contributed by atoms with Crippen molar-refractivity contribution in [2.75, 3.05) is 26.2 Å². The van der Waals surface area contributed by atoms with Crippen LogP contribution < -0.4 is 0 Å². The Balaban J connectivity index is 2.54. The SMILES string of the molecule is CCOC(=O)C1CCCN(CC(C)(C)[N+](=O)[O-])C1. The van der Waals surface area contributed by atoms with Crippen molar-refractivity contribution in [3.63, 3.8) is 0 Å². The third kappa shape index (κ3) is 3.94. The van der Waals surface area contributed by atoms with E-state index in [0.717, 1.165) is 19.4 Å². The number of ether oxygens (including phenoxy) is 1. The number of carbonyl (C=O) groups is 1. The fourth-order valence-corrected chi connectivity index (χ4v) is 2.26. The molecule has 1 fully saturated rings. The number of nitro groups is 1. The van der Waals surface area contributed by atoms with Gasteiger partial charge in [0.1, 0.15) is 0 Å². The van der Waals surface area contributed by atoms with Crippen LogP contribution >= 0.6 is 0 Å². The zero-order valence-corrected chi connectivity index (χ0v) is 11.3. The molecule has 104 valence electrons. The Bertz CT molecular complexity index is 317. The van der Waals surface area contributed by atoms with Crippen LogP contribution in [0.4, 0.5) is 0 Å². The standard InChI is InChI=1S/C12H22N2O4/c1-4-18-11(15)10-6-5-7-13(8-10)9-12(2,3)14(16)17/h10H,4-9H2,1-3H3. The first-order chi connectivity index (χ1) is 8.36. The van der Waals surface area contributed by atoms with Crippen molar-refractivity contribution in [2.45, 2.75) is 39.2 Å². The van der Waals surface area contributed by atoms with Crippen molar-refractivity contribution in [3.8, 4) is 0 Å². The summed E-state index contributed by atoms with van der Waals surface area (Å²) in [4.78, 5) is 24.3. The monoisotopic (exact) mass is 258 g/mol. The van der Waals surface area contributed by atoms with Crippen LogP contribution in [0.3, 0.4) is 0 Å². The second-order valence-electron chi connectivity index (χ2n) is 5.40. The number of hydrogen-bond acceptors (Lipinski definition) is 5. The summed E-state index contributed by atoms with van der Waals surface area (Å²) < 4.78 is 5.01. The fourth-order valence-electron chi connectivity index (χ4n) is 2.26. The van der Waals surface area contributed by atoms with E-state index in [1.165, 1.54) is 0 Å². The zero-order valence-electron chi connectivity index (χ0n) is 11.3. The van der Waals surface area contributed by atoms with Crippen molar-refractivity contribution < 1.29 is 14.5 Å². The van der Waals surface area contributed by atoms with Crippen LogP contribution in [0.1, 0.15) is 33.6 Å². The van der Waals surface area contributed by atoms with E-state index in [4.69, 9.17) is 4.74 Å². The molecule has 0 bridgehead atoms. The molecule has 0 N–H and O–H groups in total. The van der Waals surface area contributed by atoms with E-state index in [1.807, 2.05) is 4.90 Å². The minimum Gasteiger partial charge on any atom is -0.466 e. The van der Waals surface area contributed by atoms with Gasteiger partial charge in [0, 0.05) is 25.3 Å². The van der Waals surface area contributed by atoms with E-state index in [-0.39, 0.29) is 16.8 Å². The van der Waals surface area contributed by atoms with Crippen molar-refractivity contribution in [3.05, 3.63) is 10.1 Å². The molecule has 18 heavy (non-hydrogen) atoms. The average Bonchev–Trinajstić information content (AvgIpc) is 2.29. The summed E-state index contributed by atoms with van der Waals surface area (Å²) in [6.45, 7) is 7.14. The third-order valence-electron chi connectivity index (χ3n) is 3.23. The molecule has 0 aromatic heterocycles. The molecule has 1 atom stereocenters. The van der Waals surface area contributed by atoms with E-state index in [1.54, 1.807) is 20.8 Å². The average molecular weight is 258 g/mol. The molecule has 0 aliphatic carbocycles. The van der Waals surface area contributed by atoms with Gasteiger partial charge >= 0.3 is 5.97 Å². The molecule has 1 heterocycles. The van der Waals surface area contributed by atoms with Gasteiger partial charge < -0.3 is 4.74 Å². The minimum absolute atomic E-state index is 0.138. The number of nitrogens with zero attached hydrogens (tertiary/aromatic N) is 2. The van der Waals surface area contributed by atoms with Gasteiger partial charge in [-0.15, -0.1) is 0 Å². The highest BCUT2D eigenvalue weighted by molar-refractivity contribution is 5.72. The van der Waals surface area contributed by atoms with Crippen LogP contribution in [-0.4, -0.2) is 47.6 Å². The number of hydrogen-bond donors (Lipinski definition) is 0. The molecule has 6 heteroatoms. The maximum atomic E-state index is 11.7. The number of rotatable bonds is 5. The highest BCUT2D eigenvalue weighted by atomic mass is 16.6. The molecule has 6 nitrogen and oxygen atoms in total. The molecular weight excluding hydrogens is 236 g/mol. The fraction of sp³-hybridized carbons (Fsp3) is 0.917. The van der Waals surface area contributed by atoms with E-state index in [0.29, 0.717) is 19.7 Å². The predicted molar refractivity (Wildman–Crippen MR) is 66.9 cm³/mol. The lowest BCUT2D eigenvalue weighted by atomic mass is 9.96. The lowest BCUT2D eigenvalue weighted by molar-refractivity contribution is -0.561. The highest BCUT2D eigenvalue weighted by Gasteiger charge is 2.36. The van der Waals surface area contributed by atoms with Gasteiger partial charge in [0.25, 0.3) is 0 Å². The second kappa shape index (κ2) is 6.13. The summed E-state index contributed by atoms with van der Waals surface area (Å²) in [5.41, 5.74) is -0.976. The largest absolute Gasteiger partial charge is 0.466 e. The Labute approximate surface area is 107 Å². The van der Waals surface area contributed by atoms with Crippen LogP contribution in [0.15, 0.2) is 0 Å². The third-order valence-corrected chi connectivity index (χ3v) is 3.23. The predicted octanol–water partition coefficient (Wildman–Crippen LogP) is 1.32. The molecule has 0 aromatic carbocycles. The van der Waals surface area contributed by atoms with Gasteiger partial charge in [-0.1, -0.05) is 0 Å². The molecule has 1 aliphatic rings. The number of esters is 1. The van der Waals surface area contributed by atoms with Gasteiger partial charge in [0.05, 0.1) is 19.1 Å². The van der Waals surface area contributed by atoms with Crippen molar-refractivity contribution >= 4 is 5.97 Å². The molecule has 1 unspecified atom stereocenters. The Morgan fingerprint density at radius 2 is 2.22 bits per heavy atom. The summed E-state index contributed by atoms with van der Waals surface area (Å²) in [5, 5.41) is 10.9. The van der Waals surface area contributed by atoms with Crippen LogP contribution in [-0.2, 0) is 9.53 Å². The van der Waals surface area contributed by atoms with E-state index >= 15 is 0 Å². The van der Waals surface area contributed by atoms with Crippen LogP contribution in [0.2, 0.25) is 0 Å². The molecule has 0 radical (unpaired) electrons. The number of piperidine rings is 1. The van der Waals surface area contributed by atoms with Gasteiger partial charge in [-0.3, -0.25) is 19.8 Å². The lowest BCUT2D eigenvalue weighted by Crippen LogP contribution is -2.48. The van der Waals surface area contributed by atoms with Crippen molar-refractivity contribution in [1.29, 1.82) is 0 Å². The van der Waals surface area contributed by atoms with Gasteiger partial charge in [-0.25, -0.2) is 0 Å². The second-order valence-corrected chi connectivity index (χ2v) is 5.40. The Morgan fingerprint density at radius 1 is 1.56 bits per heavy atom. The molecule has 1 saturated heterocycles. The van der Waals surface area contributed by atoms with Crippen molar-refractivity contribution in [1.82, 2.24) is 4.90 Å². The number of carbonyl (C=O) groups excluding carboxylic acids is 1. The van der Waals surface area contributed by atoms with Gasteiger partial charge in [0.15, 0.2) is 0 Å². The van der Waals surface area contributed by atoms with Crippen LogP contribution in [0.25, 0.3) is 0 Å². The van der Waals surface area contributed by atoms with Crippen molar-refractivity contribution in [2.24, 2.45) is 5.92 Å². The topological polar surface area (TPSA) is 72.7 Å². The first kappa shape index (κ1) is 14.9. The van der Waals surface area contributed by atoms with Gasteiger partial charge in [0.2, 0.25) is 5.54 Å². The highest BCUT2D eigenvalue weighted by Crippen LogP contribution is 2.20. The van der Waals surface area contributed by atoms with Gasteiger partial charge in [-0.2, -0.15) is 0 Å². The molecule has 1 rings (SSSR count). The molecule has 0 saturated carbocycles. The van der Waals surface area contributed by atoms with E-state index in [2.05, 4.69) is 0 Å². The van der Waals surface area contributed by atoms with E-state index < -0.39 is 5.54 Å². The van der Waals surface area contributed by atoms with Crippen LogP contribution in [0, 0.1) is 16.0 Å². The van der Waals surface area contributed by atoms with E-state index in [9.17, 15) is 14.9 Å². The lowest BCUT2D eigenvalue weighted by Gasteiger charge is -2.33. The number of likely N-dealkylation sites (tertiary alicyclic amines) is 1. The summed E-state index contributed by atoms with van der Waals surface area (Å²) in [6.07, 6.45) is 1.70. The molecule has 1 aliphatic heterocycles. The first-order valence-electron chi connectivity index (χ1n) is 6.40. The Kier molecular flexibility index (Phi) is 5.07. The van der Waals surface area contributed by atoms with Crippen LogP contribution in [0.5, 0.6) is 0 Å². The Hall–Kier alpha value is -1.17. The summed E-state index contributed by atoms with van der Waals surface area (Å²) in [6, 6.07) is 0. The van der Waals surface area contributed by atoms with Gasteiger partial charge in [-0.05, 0) is 26.3 Å². The zero-order chi connectivity index (χ0) is 13.8. The maximum absolute atomic E-state index is 11.7. The smallest absolute Gasteiger partial charge is 0.310 e.